The van der Waals surface area contributed by atoms with Gasteiger partial charge in [-0.05, 0) is 36.4 Å². The Balaban J connectivity index is 1.49. The number of nitrogen functional groups attached to an aromatic ring is 1. The highest BCUT2D eigenvalue weighted by Crippen LogP contribution is 2.28. The van der Waals surface area contributed by atoms with E-state index in [1.165, 1.54) is 16.9 Å². The summed E-state index contributed by atoms with van der Waals surface area (Å²) in [6.07, 6.45) is -3.14. The number of hydrogen-bond donors (Lipinski definition) is 3. The summed E-state index contributed by atoms with van der Waals surface area (Å²) in [6.45, 7) is 3.71. The van der Waals surface area contributed by atoms with Crippen LogP contribution in [0, 0.1) is 0 Å². The van der Waals surface area contributed by atoms with Crippen molar-refractivity contribution in [3.63, 3.8) is 0 Å². The molecule has 0 saturated carbocycles. The second-order valence-corrected chi connectivity index (χ2v) is 6.99. The molecule has 0 unspecified atom stereocenters. The van der Waals surface area contributed by atoms with E-state index in [0.29, 0.717) is 0 Å². The number of piperazine rings is 1. The van der Waals surface area contributed by atoms with Gasteiger partial charge in [-0.2, -0.15) is 13.2 Å². The van der Waals surface area contributed by atoms with Gasteiger partial charge in [-0.3, -0.25) is 4.79 Å². The fraction of sp³-hybridized carbons (Fsp3) is 0.250. The molecule has 8 nitrogen and oxygen atoms in total. The predicted octanol–water partition coefficient (Wildman–Crippen LogP) is 2.53. The molecule has 4 rings (SSSR count). The first-order valence-corrected chi connectivity index (χ1v) is 9.58. The zero-order chi connectivity index (χ0) is 22.0. The lowest BCUT2D eigenvalue weighted by Gasteiger charge is -2.29. The zero-order valence-electron chi connectivity index (χ0n) is 16.4. The van der Waals surface area contributed by atoms with Gasteiger partial charge in [0.05, 0.1) is 11.9 Å². The lowest BCUT2D eigenvalue weighted by molar-refractivity contribution is -0.141. The molecular weight excluding hydrogens is 411 g/mol. The predicted molar refractivity (Wildman–Crippen MR) is 110 cm³/mol. The molecule has 1 aliphatic rings. The molecule has 11 heteroatoms. The average Bonchev–Trinajstić information content (AvgIpc) is 3.14. The lowest BCUT2D eigenvalue weighted by atomic mass is 10.2. The van der Waals surface area contributed by atoms with Crippen LogP contribution in [0.1, 0.15) is 16.2 Å². The fourth-order valence-electron chi connectivity index (χ4n) is 3.26. The molecule has 0 aliphatic carbocycles. The third kappa shape index (κ3) is 4.61. The summed E-state index contributed by atoms with van der Waals surface area (Å²) in [5.74, 6) is -0.780. The third-order valence-electron chi connectivity index (χ3n) is 4.86. The van der Waals surface area contributed by atoms with Crippen LogP contribution in [0.25, 0.3) is 5.69 Å². The molecule has 0 radical (unpaired) electrons. The van der Waals surface area contributed by atoms with Crippen molar-refractivity contribution < 1.29 is 18.0 Å². The summed E-state index contributed by atoms with van der Waals surface area (Å²) in [6, 6.07) is 10.8. The molecule has 1 aliphatic heterocycles. The molecule has 3 heterocycles. The van der Waals surface area contributed by atoms with Gasteiger partial charge in [-0.25, -0.2) is 9.67 Å². The molecule has 3 aromatic rings. The van der Waals surface area contributed by atoms with E-state index >= 15 is 0 Å². The Morgan fingerprint density at radius 1 is 1.06 bits per heavy atom. The highest BCUT2D eigenvalue weighted by atomic mass is 19.4. The summed E-state index contributed by atoms with van der Waals surface area (Å²) in [5, 5.41) is 9.95. The maximum Gasteiger partial charge on any atom is 0.433 e. The van der Waals surface area contributed by atoms with Crippen LogP contribution in [-0.4, -0.2) is 46.9 Å². The first kappa shape index (κ1) is 20.7. The van der Waals surface area contributed by atoms with Gasteiger partial charge in [-0.1, -0.05) is 6.07 Å². The molecule has 1 saturated heterocycles. The van der Waals surface area contributed by atoms with Crippen molar-refractivity contribution >= 4 is 23.1 Å². The second kappa shape index (κ2) is 8.26. The number of nitrogens with zero attached hydrogens (tertiary/aromatic N) is 4. The molecule has 2 aromatic heterocycles. The monoisotopic (exact) mass is 431 g/mol. The third-order valence-corrected chi connectivity index (χ3v) is 4.86. The first-order chi connectivity index (χ1) is 14.8. The zero-order valence-corrected chi connectivity index (χ0v) is 16.4. The number of pyridine rings is 1. The number of halogens is 3. The van der Waals surface area contributed by atoms with Gasteiger partial charge in [0.15, 0.2) is 5.82 Å². The van der Waals surface area contributed by atoms with E-state index in [0.717, 1.165) is 49.7 Å². The molecule has 31 heavy (non-hydrogen) atoms. The molecule has 0 bridgehead atoms. The molecule has 0 spiro atoms. The molecule has 162 valence electrons. The summed E-state index contributed by atoms with van der Waals surface area (Å²) >= 11 is 0. The van der Waals surface area contributed by atoms with E-state index < -0.39 is 17.8 Å². The van der Waals surface area contributed by atoms with Crippen molar-refractivity contribution in [2.24, 2.45) is 0 Å². The van der Waals surface area contributed by atoms with E-state index in [9.17, 15) is 18.0 Å². The molecule has 4 N–H and O–H groups in total. The SMILES string of the molecule is Nc1nn(-c2ccc(N3CCNCC3)cc2)cc1NC(=O)c1cccc(C(F)(F)F)n1. The van der Waals surface area contributed by atoms with Crippen LogP contribution in [0.5, 0.6) is 0 Å². The maximum absolute atomic E-state index is 12.8. The Labute approximate surface area is 175 Å². The average molecular weight is 431 g/mol. The highest BCUT2D eigenvalue weighted by Gasteiger charge is 2.33. The second-order valence-electron chi connectivity index (χ2n) is 6.99. The van der Waals surface area contributed by atoms with Gasteiger partial charge in [-0.15, -0.1) is 5.10 Å². The summed E-state index contributed by atoms with van der Waals surface area (Å²) in [5.41, 5.74) is 6.36. The Kier molecular flexibility index (Phi) is 5.51. The largest absolute Gasteiger partial charge is 0.433 e. The molecule has 0 atom stereocenters. The van der Waals surface area contributed by atoms with E-state index in [1.807, 2.05) is 24.3 Å². The van der Waals surface area contributed by atoms with Crippen LogP contribution < -0.4 is 21.3 Å². The summed E-state index contributed by atoms with van der Waals surface area (Å²) in [7, 11) is 0. The maximum atomic E-state index is 12.8. The van der Waals surface area contributed by atoms with Crippen LogP contribution in [0.15, 0.2) is 48.7 Å². The number of alkyl halides is 3. The number of nitrogens with one attached hydrogen (secondary N) is 2. The van der Waals surface area contributed by atoms with Gasteiger partial charge in [0.25, 0.3) is 5.91 Å². The number of hydrogen-bond acceptors (Lipinski definition) is 6. The van der Waals surface area contributed by atoms with E-state index in [-0.39, 0.29) is 17.2 Å². The van der Waals surface area contributed by atoms with Crippen molar-refractivity contribution in [2.45, 2.75) is 6.18 Å². The van der Waals surface area contributed by atoms with E-state index in [1.54, 1.807) is 0 Å². The Bertz CT molecular complexity index is 1070. The summed E-state index contributed by atoms with van der Waals surface area (Å²) in [4.78, 5) is 18.0. The van der Waals surface area contributed by atoms with Crippen LogP contribution in [0.3, 0.4) is 0 Å². The number of aromatic nitrogens is 3. The number of carbonyl (C=O) groups is 1. The van der Waals surface area contributed by atoms with Gasteiger partial charge in [0, 0.05) is 31.9 Å². The summed E-state index contributed by atoms with van der Waals surface area (Å²) < 4.78 is 40.0. The smallest absolute Gasteiger partial charge is 0.380 e. The lowest BCUT2D eigenvalue weighted by Crippen LogP contribution is -2.43. The number of anilines is 3. The normalized spacial score (nSPS) is 14.5. The molecular formula is C20H20F3N7O. The molecule has 1 fully saturated rings. The molecule has 1 amide bonds. The standard InChI is InChI=1S/C20H20F3N7O/c21-20(22,23)17-3-1-2-15(26-17)19(31)27-16-12-30(28-18(16)24)14-6-4-13(5-7-14)29-10-8-25-9-11-29/h1-7,12,25H,8-11H2,(H2,24,28)(H,27,31). The number of amides is 1. The van der Waals surface area contributed by atoms with Gasteiger partial charge < -0.3 is 21.3 Å². The number of benzene rings is 1. The van der Waals surface area contributed by atoms with Crippen molar-refractivity contribution in [2.75, 3.05) is 42.1 Å². The van der Waals surface area contributed by atoms with Gasteiger partial charge >= 0.3 is 6.18 Å². The van der Waals surface area contributed by atoms with Crippen molar-refractivity contribution in [3.8, 4) is 5.69 Å². The fourth-order valence-corrected chi connectivity index (χ4v) is 3.26. The van der Waals surface area contributed by atoms with Crippen LogP contribution in [-0.2, 0) is 6.18 Å². The van der Waals surface area contributed by atoms with Crippen molar-refractivity contribution in [1.29, 1.82) is 0 Å². The quantitative estimate of drug-likeness (QED) is 0.587. The minimum atomic E-state index is -4.64. The number of nitrogens with two attached hydrogens (primary N) is 1. The van der Waals surface area contributed by atoms with Crippen LogP contribution >= 0.6 is 0 Å². The van der Waals surface area contributed by atoms with Gasteiger partial charge in [0.2, 0.25) is 0 Å². The highest BCUT2D eigenvalue weighted by molar-refractivity contribution is 6.04. The topological polar surface area (TPSA) is 101 Å². The van der Waals surface area contributed by atoms with Crippen molar-refractivity contribution in [3.05, 3.63) is 60.0 Å². The van der Waals surface area contributed by atoms with E-state index in [4.69, 9.17) is 5.73 Å². The minimum Gasteiger partial charge on any atom is -0.380 e. The first-order valence-electron chi connectivity index (χ1n) is 9.58. The van der Waals surface area contributed by atoms with Crippen LogP contribution in [0.4, 0.5) is 30.4 Å². The Morgan fingerprint density at radius 2 is 1.74 bits per heavy atom. The van der Waals surface area contributed by atoms with Crippen molar-refractivity contribution in [1.82, 2.24) is 20.1 Å². The number of carbonyl (C=O) groups excluding carboxylic acids is 1. The Morgan fingerprint density at radius 3 is 2.42 bits per heavy atom. The number of rotatable bonds is 4. The van der Waals surface area contributed by atoms with Crippen LogP contribution in [0.2, 0.25) is 0 Å². The van der Waals surface area contributed by atoms with Gasteiger partial charge in [0.1, 0.15) is 17.1 Å². The molecule has 1 aromatic carbocycles. The van der Waals surface area contributed by atoms with E-state index in [2.05, 4.69) is 25.6 Å². The minimum absolute atomic E-state index is 0.0338. The Hall–Kier alpha value is -3.60.